The van der Waals surface area contributed by atoms with Crippen molar-refractivity contribution in [1.82, 2.24) is 15.1 Å². The van der Waals surface area contributed by atoms with Crippen molar-refractivity contribution in [3.63, 3.8) is 0 Å². The fraction of sp³-hybridized carbons (Fsp3) is 0.308. The summed E-state index contributed by atoms with van der Waals surface area (Å²) in [5.41, 5.74) is 3.71. The molecule has 9 nitrogen and oxygen atoms in total. The fourth-order valence-electron chi connectivity index (χ4n) is 4.36. The van der Waals surface area contributed by atoms with Crippen LogP contribution < -0.4 is 10.6 Å². The minimum Gasteiger partial charge on any atom is -0.477 e. The van der Waals surface area contributed by atoms with Crippen LogP contribution in [0.25, 0.3) is 11.1 Å². The SMILES string of the molecule is Cn1nc(NC(=O)[C@H](NC(=O)OCC2c3ccccc3-c3ccccc32)C(C)(C)C)cc1C(=O)O. The largest absolute Gasteiger partial charge is 0.477 e. The van der Waals surface area contributed by atoms with Crippen LogP contribution in [0.2, 0.25) is 0 Å². The number of benzene rings is 2. The number of rotatable bonds is 6. The minimum atomic E-state index is -1.16. The number of carbonyl (C=O) groups excluding carboxylic acids is 2. The highest BCUT2D eigenvalue weighted by atomic mass is 16.5. The first-order valence-corrected chi connectivity index (χ1v) is 11.3. The number of alkyl carbamates (subject to hydrolysis) is 1. The van der Waals surface area contributed by atoms with Gasteiger partial charge in [0.05, 0.1) is 0 Å². The Balaban J connectivity index is 1.45. The summed E-state index contributed by atoms with van der Waals surface area (Å²) in [5, 5.41) is 18.5. The topological polar surface area (TPSA) is 123 Å². The third kappa shape index (κ3) is 4.89. The molecule has 0 saturated carbocycles. The highest BCUT2D eigenvalue weighted by molar-refractivity contribution is 5.97. The molecule has 0 fully saturated rings. The molecule has 0 spiro atoms. The molecule has 182 valence electrons. The van der Waals surface area contributed by atoms with E-state index in [0.29, 0.717) is 0 Å². The number of aromatic nitrogens is 2. The summed E-state index contributed by atoms with van der Waals surface area (Å²) in [6.45, 7) is 5.55. The van der Waals surface area contributed by atoms with E-state index in [1.807, 2.05) is 57.2 Å². The molecule has 0 unspecified atom stereocenters. The van der Waals surface area contributed by atoms with Crippen molar-refractivity contribution < 1.29 is 24.2 Å². The van der Waals surface area contributed by atoms with E-state index in [4.69, 9.17) is 4.74 Å². The molecule has 0 radical (unpaired) electrons. The molecule has 1 aromatic heterocycles. The van der Waals surface area contributed by atoms with Crippen LogP contribution in [-0.2, 0) is 16.6 Å². The minimum absolute atomic E-state index is 0.0721. The first-order valence-electron chi connectivity index (χ1n) is 11.3. The third-order valence-electron chi connectivity index (χ3n) is 6.08. The molecule has 3 N–H and O–H groups in total. The van der Waals surface area contributed by atoms with Crippen LogP contribution in [0.4, 0.5) is 10.6 Å². The number of carboxylic acid groups (broad SMARTS) is 1. The number of hydrogen-bond donors (Lipinski definition) is 3. The van der Waals surface area contributed by atoms with E-state index in [1.54, 1.807) is 0 Å². The highest BCUT2D eigenvalue weighted by Gasteiger charge is 2.35. The number of aryl methyl sites for hydroxylation is 1. The second kappa shape index (κ2) is 9.25. The van der Waals surface area contributed by atoms with Crippen LogP contribution in [0.5, 0.6) is 0 Å². The number of ether oxygens (including phenoxy) is 1. The molecule has 0 saturated heterocycles. The molecule has 9 heteroatoms. The Labute approximate surface area is 203 Å². The zero-order valence-corrected chi connectivity index (χ0v) is 20.0. The van der Waals surface area contributed by atoms with Crippen LogP contribution in [0.1, 0.15) is 48.3 Å². The lowest BCUT2D eigenvalue weighted by Gasteiger charge is -2.29. The average molecular weight is 477 g/mol. The van der Waals surface area contributed by atoms with Crippen LogP contribution >= 0.6 is 0 Å². The lowest BCUT2D eigenvalue weighted by Crippen LogP contribution is -2.51. The van der Waals surface area contributed by atoms with E-state index in [-0.39, 0.29) is 24.0 Å². The third-order valence-corrected chi connectivity index (χ3v) is 6.08. The van der Waals surface area contributed by atoms with Gasteiger partial charge in [0, 0.05) is 19.0 Å². The molecule has 2 aromatic carbocycles. The van der Waals surface area contributed by atoms with Crippen LogP contribution in [-0.4, -0.2) is 45.5 Å². The van der Waals surface area contributed by atoms with Crippen LogP contribution in [0.15, 0.2) is 54.6 Å². The van der Waals surface area contributed by atoms with Crippen molar-refractivity contribution in [3.05, 3.63) is 71.4 Å². The smallest absolute Gasteiger partial charge is 0.407 e. The van der Waals surface area contributed by atoms with Gasteiger partial charge in [0.1, 0.15) is 18.3 Å². The van der Waals surface area contributed by atoms with Gasteiger partial charge in [-0.05, 0) is 27.7 Å². The second-order valence-electron chi connectivity index (χ2n) is 9.60. The van der Waals surface area contributed by atoms with Gasteiger partial charge in [0.15, 0.2) is 5.82 Å². The highest BCUT2D eigenvalue weighted by Crippen LogP contribution is 2.44. The Hall–Kier alpha value is -4.14. The number of hydrogen-bond acceptors (Lipinski definition) is 5. The lowest BCUT2D eigenvalue weighted by molar-refractivity contribution is -0.120. The number of anilines is 1. The van der Waals surface area contributed by atoms with Gasteiger partial charge in [-0.25, -0.2) is 9.59 Å². The molecule has 0 bridgehead atoms. The van der Waals surface area contributed by atoms with Gasteiger partial charge in [-0.3, -0.25) is 9.48 Å². The molecule has 0 aliphatic heterocycles. The maximum absolute atomic E-state index is 13.0. The Kier molecular flexibility index (Phi) is 6.34. The first kappa shape index (κ1) is 24.0. The predicted molar refractivity (Wildman–Crippen MR) is 130 cm³/mol. The predicted octanol–water partition coefficient (Wildman–Crippen LogP) is 4.01. The van der Waals surface area contributed by atoms with E-state index in [2.05, 4.69) is 27.9 Å². The molecule has 1 aliphatic carbocycles. The quantitative estimate of drug-likeness (QED) is 0.494. The number of carboxylic acids is 1. The maximum Gasteiger partial charge on any atom is 0.407 e. The van der Waals surface area contributed by atoms with Crippen molar-refractivity contribution in [2.75, 3.05) is 11.9 Å². The number of fused-ring (bicyclic) bond motifs is 3. The monoisotopic (exact) mass is 476 g/mol. The van der Waals surface area contributed by atoms with E-state index in [9.17, 15) is 19.5 Å². The number of nitrogens with zero attached hydrogens (tertiary/aromatic N) is 2. The molecule has 4 rings (SSSR count). The van der Waals surface area contributed by atoms with Crippen molar-refractivity contribution >= 4 is 23.8 Å². The molecule has 3 aromatic rings. The van der Waals surface area contributed by atoms with E-state index >= 15 is 0 Å². The van der Waals surface area contributed by atoms with Gasteiger partial charge in [-0.2, -0.15) is 5.10 Å². The van der Waals surface area contributed by atoms with Gasteiger partial charge in [-0.1, -0.05) is 69.3 Å². The molecule has 1 atom stereocenters. The molecular weight excluding hydrogens is 448 g/mol. The zero-order chi connectivity index (χ0) is 25.3. The number of amides is 2. The lowest BCUT2D eigenvalue weighted by atomic mass is 9.86. The summed E-state index contributed by atoms with van der Waals surface area (Å²) in [6.07, 6.45) is -0.714. The molecule has 1 aliphatic rings. The summed E-state index contributed by atoms with van der Waals surface area (Å²) in [7, 11) is 1.47. The summed E-state index contributed by atoms with van der Waals surface area (Å²) < 4.78 is 6.75. The van der Waals surface area contributed by atoms with Crippen LogP contribution in [0, 0.1) is 5.41 Å². The van der Waals surface area contributed by atoms with Gasteiger partial charge >= 0.3 is 12.1 Å². The van der Waals surface area contributed by atoms with Crippen molar-refractivity contribution in [2.24, 2.45) is 12.5 Å². The van der Waals surface area contributed by atoms with E-state index in [1.165, 1.54) is 13.1 Å². The Morgan fingerprint density at radius 2 is 1.63 bits per heavy atom. The van der Waals surface area contributed by atoms with E-state index in [0.717, 1.165) is 26.9 Å². The van der Waals surface area contributed by atoms with Crippen LogP contribution in [0.3, 0.4) is 0 Å². The summed E-state index contributed by atoms with van der Waals surface area (Å²) in [4.78, 5) is 37.0. The first-order chi connectivity index (χ1) is 16.6. The standard InChI is InChI=1S/C26H28N4O5/c1-26(2,3)22(23(31)27-21-13-20(24(32)33)30(4)29-21)28-25(34)35-14-19-17-11-7-5-9-15(17)16-10-6-8-12-18(16)19/h5-13,19,22H,14H2,1-4H3,(H,28,34)(H,32,33)(H,27,29,31)/t22-/m0/s1. The molecular formula is C26H28N4O5. The van der Waals surface area contributed by atoms with Gasteiger partial charge in [0.25, 0.3) is 0 Å². The number of nitrogens with one attached hydrogen (secondary N) is 2. The summed E-state index contributed by atoms with van der Waals surface area (Å²) in [6, 6.07) is 16.4. The molecule has 2 amide bonds. The second-order valence-corrected chi connectivity index (χ2v) is 9.60. The van der Waals surface area contributed by atoms with Gasteiger partial charge in [0.2, 0.25) is 5.91 Å². The zero-order valence-electron chi connectivity index (χ0n) is 20.0. The maximum atomic E-state index is 13.0. The number of carbonyl (C=O) groups is 3. The Morgan fingerprint density at radius 3 is 2.14 bits per heavy atom. The van der Waals surface area contributed by atoms with Crippen molar-refractivity contribution in [2.45, 2.75) is 32.7 Å². The van der Waals surface area contributed by atoms with Gasteiger partial charge < -0.3 is 20.5 Å². The average Bonchev–Trinajstić information content (AvgIpc) is 3.32. The molecule has 35 heavy (non-hydrogen) atoms. The van der Waals surface area contributed by atoms with E-state index < -0.39 is 29.4 Å². The Morgan fingerprint density at radius 1 is 1.06 bits per heavy atom. The van der Waals surface area contributed by atoms with Crippen molar-refractivity contribution in [3.8, 4) is 11.1 Å². The number of aromatic carboxylic acids is 1. The Bertz CT molecular complexity index is 1250. The van der Waals surface area contributed by atoms with Crippen molar-refractivity contribution in [1.29, 1.82) is 0 Å². The molecule has 1 heterocycles. The summed E-state index contributed by atoms with van der Waals surface area (Å²) >= 11 is 0. The summed E-state index contributed by atoms with van der Waals surface area (Å²) in [5.74, 6) is -1.71. The van der Waals surface area contributed by atoms with Gasteiger partial charge in [-0.15, -0.1) is 0 Å². The fourth-order valence-corrected chi connectivity index (χ4v) is 4.36. The normalized spacial score (nSPS) is 13.5.